The van der Waals surface area contributed by atoms with E-state index in [1.54, 1.807) is 18.2 Å². The van der Waals surface area contributed by atoms with Crippen molar-refractivity contribution in [3.8, 4) is 5.75 Å². The molecule has 0 atom stereocenters. The fraction of sp³-hybridized carbons (Fsp3) is 0.533. The van der Waals surface area contributed by atoms with Crippen molar-refractivity contribution in [1.82, 2.24) is 0 Å². The van der Waals surface area contributed by atoms with Crippen LogP contribution in [0.25, 0.3) is 0 Å². The van der Waals surface area contributed by atoms with Gasteiger partial charge in [0.2, 0.25) is 5.91 Å². The molecular formula is C15H22N2O2. The molecule has 1 aliphatic rings. The van der Waals surface area contributed by atoms with E-state index in [9.17, 15) is 4.79 Å². The number of amides is 1. The Morgan fingerprint density at radius 3 is 2.53 bits per heavy atom. The second-order valence-corrected chi connectivity index (χ2v) is 6.10. The third kappa shape index (κ3) is 3.40. The topological polar surface area (TPSA) is 78.3 Å². The van der Waals surface area contributed by atoms with E-state index in [1.165, 1.54) is 0 Å². The van der Waals surface area contributed by atoms with Crippen LogP contribution in [0, 0.1) is 5.41 Å². The van der Waals surface area contributed by atoms with Crippen LogP contribution in [-0.2, 0) is 0 Å². The van der Waals surface area contributed by atoms with Gasteiger partial charge < -0.3 is 16.2 Å². The Bertz CT molecular complexity index is 473. The predicted octanol–water partition coefficient (Wildman–Crippen LogP) is 2.72. The van der Waals surface area contributed by atoms with Gasteiger partial charge in [0.25, 0.3) is 0 Å². The SMILES string of the molecule is CC1(C)CCC(Oc2cc(C(N)=O)ccc2N)CC1. The van der Waals surface area contributed by atoms with Crippen LogP contribution >= 0.6 is 0 Å². The van der Waals surface area contributed by atoms with Gasteiger partial charge >= 0.3 is 0 Å². The van der Waals surface area contributed by atoms with Gasteiger partial charge in [-0.05, 0) is 49.3 Å². The number of ether oxygens (including phenoxy) is 1. The molecule has 0 spiro atoms. The van der Waals surface area contributed by atoms with Crippen LogP contribution in [0.3, 0.4) is 0 Å². The summed E-state index contributed by atoms with van der Waals surface area (Å²) in [5.74, 6) is 0.107. The first-order chi connectivity index (χ1) is 8.87. The molecule has 4 N–H and O–H groups in total. The molecule has 19 heavy (non-hydrogen) atoms. The van der Waals surface area contributed by atoms with Crippen molar-refractivity contribution >= 4 is 11.6 Å². The largest absolute Gasteiger partial charge is 0.488 e. The molecule has 1 aromatic carbocycles. The molecule has 1 amide bonds. The Hall–Kier alpha value is -1.71. The first-order valence-corrected chi connectivity index (χ1v) is 6.73. The molecule has 0 aliphatic heterocycles. The standard InChI is InChI=1S/C15H22N2O2/c1-15(2)7-5-11(6-8-15)19-13-9-10(14(17)18)3-4-12(13)16/h3-4,9,11H,5-8,16H2,1-2H3,(H2,17,18). The minimum Gasteiger partial charge on any atom is -0.488 e. The molecule has 4 nitrogen and oxygen atoms in total. The quantitative estimate of drug-likeness (QED) is 0.822. The van der Waals surface area contributed by atoms with Crippen LogP contribution < -0.4 is 16.2 Å². The first-order valence-electron chi connectivity index (χ1n) is 6.73. The van der Waals surface area contributed by atoms with Gasteiger partial charge in [-0.1, -0.05) is 13.8 Å². The summed E-state index contributed by atoms with van der Waals surface area (Å²) in [5, 5.41) is 0. The lowest BCUT2D eigenvalue weighted by Crippen LogP contribution is -2.28. The van der Waals surface area contributed by atoms with Crippen molar-refractivity contribution in [2.24, 2.45) is 11.1 Å². The van der Waals surface area contributed by atoms with Gasteiger partial charge in [0, 0.05) is 5.56 Å². The number of benzene rings is 1. The molecule has 0 bridgehead atoms. The second-order valence-electron chi connectivity index (χ2n) is 6.10. The van der Waals surface area contributed by atoms with Gasteiger partial charge in [0.15, 0.2) is 0 Å². The van der Waals surface area contributed by atoms with E-state index >= 15 is 0 Å². The van der Waals surface area contributed by atoms with Gasteiger partial charge in [0.05, 0.1) is 11.8 Å². The highest BCUT2D eigenvalue weighted by molar-refractivity contribution is 5.93. The number of nitrogens with two attached hydrogens (primary N) is 2. The minimum atomic E-state index is -0.463. The molecule has 4 heteroatoms. The van der Waals surface area contributed by atoms with Gasteiger partial charge in [-0.25, -0.2) is 0 Å². The van der Waals surface area contributed by atoms with Crippen molar-refractivity contribution in [3.63, 3.8) is 0 Å². The van der Waals surface area contributed by atoms with E-state index in [0.717, 1.165) is 25.7 Å². The van der Waals surface area contributed by atoms with Gasteiger partial charge in [-0.2, -0.15) is 0 Å². The van der Waals surface area contributed by atoms with E-state index < -0.39 is 5.91 Å². The number of carbonyl (C=O) groups excluding carboxylic acids is 1. The average Bonchev–Trinajstić information content (AvgIpc) is 2.34. The maximum Gasteiger partial charge on any atom is 0.248 e. The maximum atomic E-state index is 11.2. The summed E-state index contributed by atoms with van der Waals surface area (Å²) in [4.78, 5) is 11.2. The fourth-order valence-corrected chi connectivity index (χ4v) is 2.46. The molecule has 2 rings (SSSR count). The molecule has 1 fully saturated rings. The summed E-state index contributed by atoms with van der Waals surface area (Å²) in [6.07, 6.45) is 4.51. The molecule has 0 radical (unpaired) electrons. The highest BCUT2D eigenvalue weighted by Crippen LogP contribution is 2.37. The Labute approximate surface area is 114 Å². The molecular weight excluding hydrogens is 240 g/mol. The highest BCUT2D eigenvalue weighted by Gasteiger charge is 2.28. The lowest BCUT2D eigenvalue weighted by Gasteiger charge is -2.34. The molecule has 1 aromatic rings. The first kappa shape index (κ1) is 13.7. The number of primary amides is 1. The zero-order chi connectivity index (χ0) is 14.0. The van der Waals surface area contributed by atoms with E-state index in [4.69, 9.17) is 16.2 Å². The zero-order valence-corrected chi connectivity index (χ0v) is 11.6. The monoisotopic (exact) mass is 262 g/mol. The number of carbonyl (C=O) groups is 1. The lowest BCUT2D eigenvalue weighted by molar-refractivity contribution is 0.0976. The molecule has 1 saturated carbocycles. The number of rotatable bonds is 3. The predicted molar refractivity (Wildman–Crippen MR) is 76.0 cm³/mol. The third-order valence-electron chi connectivity index (χ3n) is 3.88. The van der Waals surface area contributed by atoms with Crippen molar-refractivity contribution < 1.29 is 9.53 Å². The Morgan fingerprint density at radius 2 is 1.95 bits per heavy atom. The van der Waals surface area contributed by atoms with Crippen molar-refractivity contribution in [2.75, 3.05) is 5.73 Å². The Morgan fingerprint density at radius 1 is 1.32 bits per heavy atom. The van der Waals surface area contributed by atoms with Crippen LogP contribution in [0.5, 0.6) is 5.75 Å². The summed E-state index contributed by atoms with van der Waals surface area (Å²) < 4.78 is 5.94. The Balaban J connectivity index is 2.07. The number of anilines is 1. The van der Waals surface area contributed by atoms with Crippen LogP contribution in [0.1, 0.15) is 49.9 Å². The average molecular weight is 262 g/mol. The van der Waals surface area contributed by atoms with E-state index in [2.05, 4.69) is 13.8 Å². The summed E-state index contributed by atoms with van der Waals surface area (Å²) >= 11 is 0. The second kappa shape index (κ2) is 5.11. The summed E-state index contributed by atoms with van der Waals surface area (Å²) in [7, 11) is 0. The summed E-state index contributed by atoms with van der Waals surface area (Å²) in [6.45, 7) is 4.57. The van der Waals surface area contributed by atoms with Crippen molar-refractivity contribution in [2.45, 2.75) is 45.6 Å². The van der Waals surface area contributed by atoms with Crippen molar-refractivity contribution in [3.05, 3.63) is 23.8 Å². The Kier molecular flexibility index (Phi) is 3.69. The minimum absolute atomic E-state index is 0.179. The molecule has 0 saturated heterocycles. The molecule has 0 unspecified atom stereocenters. The van der Waals surface area contributed by atoms with Crippen LogP contribution in [0.15, 0.2) is 18.2 Å². The van der Waals surface area contributed by atoms with Gasteiger partial charge in [0.1, 0.15) is 5.75 Å². The third-order valence-corrected chi connectivity index (χ3v) is 3.88. The molecule has 0 aromatic heterocycles. The zero-order valence-electron chi connectivity index (χ0n) is 11.6. The lowest BCUT2D eigenvalue weighted by atomic mass is 9.76. The smallest absolute Gasteiger partial charge is 0.248 e. The normalized spacial score (nSPS) is 19.1. The maximum absolute atomic E-state index is 11.2. The number of hydrogen-bond acceptors (Lipinski definition) is 3. The summed E-state index contributed by atoms with van der Waals surface area (Å²) in [6, 6.07) is 4.92. The van der Waals surface area contributed by atoms with Crippen LogP contribution in [0.4, 0.5) is 5.69 Å². The van der Waals surface area contributed by atoms with Crippen LogP contribution in [0.2, 0.25) is 0 Å². The molecule has 1 aliphatic carbocycles. The van der Waals surface area contributed by atoms with E-state index in [1.807, 2.05) is 0 Å². The van der Waals surface area contributed by atoms with E-state index in [-0.39, 0.29) is 6.10 Å². The highest BCUT2D eigenvalue weighted by atomic mass is 16.5. The van der Waals surface area contributed by atoms with Gasteiger partial charge in [-0.15, -0.1) is 0 Å². The fourth-order valence-electron chi connectivity index (χ4n) is 2.46. The summed E-state index contributed by atoms with van der Waals surface area (Å²) in [5.41, 5.74) is 12.5. The molecule has 0 heterocycles. The molecule has 104 valence electrons. The number of hydrogen-bond donors (Lipinski definition) is 2. The van der Waals surface area contributed by atoms with Crippen molar-refractivity contribution in [1.29, 1.82) is 0 Å². The van der Waals surface area contributed by atoms with Gasteiger partial charge in [-0.3, -0.25) is 4.79 Å². The number of nitrogen functional groups attached to an aromatic ring is 1. The van der Waals surface area contributed by atoms with E-state index in [0.29, 0.717) is 22.4 Å². The van der Waals surface area contributed by atoms with Crippen LogP contribution in [-0.4, -0.2) is 12.0 Å².